The van der Waals surface area contributed by atoms with Gasteiger partial charge < -0.3 is 4.42 Å². The third-order valence-electron chi connectivity index (χ3n) is 11.2. The summed E-state index contributed by atoms with van der Waals surface area (Å²) in [5.41, 5.74) is 18.5. The molecule has 0 unspecified atom stereocenters. The van der Waals surface area contributed by atoms with Crippen LogP contribution < -0.4 is 0 Å². The maximum Gasteiger partial charge on any atom is 0.143 e. The zero-order valence-corrected chi connectivity index (χ0v) is 27.0. The fourth-order valence-electron chi connectivity index (χ4n) is 9.18. The van der Waals surface area contributed by atoms with Gasteiger partial charge in [-0.2, -0.15) is 0 Å². The highest BCUT2D eigenvalue weighted by atomic mass is 16.3. The summed E-state index contributed by atoms with van der Waals surface area (Å²) in [6, 6.07) is 60.6. The molecule has 11 rings (SSSR count). The topological polar surface area (TPSA) is 13.1 Å². The Balaban J connectivity index is 1.09. The molecular weight excluding hydrogens is 593 g/mol. The van der Waals surface area contributed by atoms with E-state index in [-0.39, 0.29) is 5.41 Å². The lowest BCUT2D eigenvalue weighted by Crippen LogP contribution is -2.25. The molecule has 9 aromatic rings. The molecule has 8 aromatic carbocycles. The van der Waals surface area contributed by atoms with E-state index in [1.54, 1.807) is 0 Å². The van der Waals surface area contributed by atoms with Gasteiger partial charge in [-0.25, -0.2) is 0 Å². The quantitative estimate of drug-likeness (QED) is 0.187. The van der Waals surface area contributed by atoms with Crippen LogP contribution in [0, 0.1) is 6.92 Å². The van der Waals surface area contributed by atoms with Crippen LogP contribution in [-0.4, -0.2) is 0 Å². The number of hydrogen-bond donors (Lipinski definition) is 0. The van der Waals surface area contributed by atoms with E-state index >= 15 is 0 Å². The molecule has 228 valence electrons. The fourth-order valence-corrected chi connectivity index (χ4v) is 9.18. The normalized spacial score (nSPS) is 13.6. The van der Waals surface area contributed by atoms with E-state index in [0.717, 1.165) is 16.6 Å². The van der Waals surface area contributed by atoms with Gasteiger partial charge in [0.25, 0.3) is 0 Å². The van der Waals surface area contributed by atoms with E-state index in [2.05, 4.69) is 171 Å². The molecule has 0 saturated heterocycles. The van der Waals surface area contributed by atoms with Gasteiger partial charge in [-0.3, -0.25) is 0 Å². The fraction of sp³-hybridized carbons (Fsp3) is 0.0417. The van der Waals surface area contributed by atoms with Gasteiger partial charge in [-0.1, -0.05) is 146 Å². The molecule has 2 aliphatic carbocycles. The van der Waals surface area contributed by atoms with Crippen LogP contribution in [0.4, 0.5) is 0 Å². The number of furan rings is 1. The van der Waals surface area contributed by atoms with Crippen molar-refractivity contribution in [2.45, 2.75) is 12.3 Å². The lowest BCUT2D eigenvalue weighted by molar-refractivity contribution is 0.672. The van der Waals surface area contributed by atoms with E-state index in [0.29, 0.717) is 0 Å². The highest BCUT2D eigenvalue weighted by Gasteiger charge is 2.51. The highest BCUT2D eigenvalue weighted by molar-refractivity contribution is 6.19. The molecule has 1 heteroatoms. The second kappa shape index (κ2) is 9.69. The zero-order valence-electron chi connectivity index (χ0n) is 27.0. The second-order valence-electron chi connectivity index (χ2n) is 13.6. The molecular formula is C48H30O. The summed E-state index contributed by atoms with van der Waals surface area (Å²) >= 11 is 0. The molecule has 0 atom stereocenters. The third-order valence-corrected chi connectivity index (χ3v) is 11.2. The van der Waals surface area contributed by atoms with Crippen molar-refractivity contribution >= 4 is 32.7 Å². The minimum Gasteiger partial charge on any atom is -0.455 e. The van der Waals surface area contributed by atoms with E-state index < -0.39 is 0 Å². The summed E-state index contributed by atoms with van der Waals surface area (Å²) in [5, 5.41) is 4.72. The average Bonchev–Trinajstić information content (AvgIpc) is 3.79. The van der Waals surface area contributed by atoms with Gasteiger partial charge in [-0.15, -0.1) is 0 Å². The van der Waals surface area contributed by atoms with E-state index in [1.807, 2.05) is 0 Å². The molecule has 0 amide bonds. The Hall–Kier alpha value is -6.18. The minimum absolute atomic E-state index is 0.338. The Kier molecular flexibility index (Phi) is 5.31. The predicted octanol–water partition coefficient (Wildman–Crippen LogP) is 12.7. The second-order valence-corrected chi connectivity index (χ2v) is 13.6. The first-order valence-electron chi connectivity index (χ1n) is 17.1. The van der Waals surface area contributed by atoms with Gasteiger partial charge in [0.2, 0.25) is 0 Å². The Morgan fingerprint density at radius 2 is 0.939 bits per heavy atom. The van der Waals surface area contributed by atoms with E-state index in [1.165, 1.54) is 88.5 Å². The van der Waals surface area contributed by atoms with Crippen LogP contribution in [0.2, 0.25) is 0 Å². The first-order valence-corrected chi connectivity index (χ1v) is 17.1. The number of rotatable bonds is 2. The van der Waals surface area contributed by atoms with Crippen LogP contribution in [-0.2, 0) is 5.41 Å². The maximum atomic E-state index is 6.46. The number of aryl methyl sites for hydroxylation is 1. The molecule has 0 saturated carbocycles. The van der Waals surface area contributed by atoms with Crippen molar-refractivity contribution in [2.24, 2.45) is 0 Å². The van der Waals surface area contributed by atoms with Crippen LogP contribution in [0.25, 0.3) is 77.2 Å². The van der Waals surface area contributed by atoms with Gasteiger partial charge >= 0.3 is 0 Å². The van der Waals surface area contributed by atoms with Crippen LogP contribution in [0.5, 0.6) is 0 Å². The van der Waals surface area contributed by atoms with Gasteiger partial charge in [0, 0.05) is 16.2 Å². The highest BCUT2D eigenvalue weighted by Crippen LogP contribution is 2.63. The Labute approximate surface area is 284 Å². The van der Waals surface area contributed by atoms with Crippen molar-refractivity contribution in [1.29, 1.82) is 0 Å². The lowest BCUT2D eigenvalue weighted by Gasteiger charge is -2.30. The Morgan fingerprint density at radius 3 is 1.61 bits per heavy atom. The van der Waals surface area contributed by atoms with Crippen molar-refractivity contribution in [3.8, 4) is 44.5 Å². The van der Waals surface area contributed by atoms with E-state index in [4.69, 9.17) is 4.42 Å². The van der Waals surface area contributed by atoms with Crippen molar-refractivity contribution in [3.63, 3.8) is 0 Å². The molecule has 1 nitrogen and oxygen atoms in total. The summed E-state index contributed by atoms with van der Waals surface area (Å²) in [5.74, 6) is 0. The Morgan fingerprint density at radius 1 is 0.388 bits per heavy atom. The molecule has 0 N–H and O–H groups in total. The molecule has 1 heterocycles. The van der Waals surface area contributed by atoms with Gasteiger partial charge in [-0.05, 0) is 103 Å². The zero-order chi connectivity index (χ0) is 32.3. The summed E-state index contributed by atoms with van der Waals surface area (Å²) in [6.07, 6.45) is 0. The van der Waals surface area contributed by atoms with Crippen molar-refractivity contribution in [1.82, 2.24) is 0 Å². The summed E-state index contributed by atoms with van der Waals surface area (Å²) in [7, 11) is 0. The number of fused-ring (bicyclic) bond motifs is 15. The predicted molar refractivity (Wildman–Crippen MR) is 203 cm³/mol. The third kappa shape index (κ3) is 3.44. The van der Waals surface area contributed by atoms with Crippen LogP contribution in [0.3, 0.4) is 0 Å². The summed E-state index contributed by atoms with van der Waals surface area (Å²) < 4.78 is 6.46. The Bertz CT molecular complexity index is 2770. The standard InChI is InChI=1S/C48H30O/c1-29-11-10-20-45-46(29)40-28-39(33-12-2-3-16-38(33)47(40)49-45)31-23-21-30(22-24-31)32-25-26-37-36-15-6-9-19-43(36)48(44(37)27-32)41-17-7-4-13-34(41)35-14-5-8-18-42(35)48/h2-28H,1H3. The van der Waals surface area contributed by atoms with Crippen LogP contribution >= 0.6 is 0 Å². The monoisotopic (exact) mass is 622 g/mol. The molecule has 2 aliphatic rings. The van der Waals surface area contributed by atoms with Crippen molar-refractivity contribution in [3.05, 3.63) is 192 Å². The first kappa shape index (κ1) is 26.8. The molecule has 0 fully saturated rings. The van der Waals surface area contributed by atoms with Crippen LogP contribution in [0.1, 0.15) is 27.8 Å². The summed E-state index contributed by atoms with van der Waals surface area (Å²) in [4.78, 5) is 0. The number of benzene rings is 8. The molecule has 49 heavy (non-hydrogen) atoms. The largest absolute Gasteiger partial charge is 0.455 e. The molecule has 1 spiro atoms. The van der Waals surface area contributed by atoms with Gasteiger partial charge in [0.05, 0.1) is 5.41 Å². The minimum atomic E-state index is -0.338. The van der Waals surface area contributed by atoms with Gasteiger partial charge in [0.1, 0.15) is 11.2 Å². The molecule has 1 aromatic heterocycles. The maximum absolute atomic E-state index is 6.46. The smallest absolute Gasteiger partial charge is 0.143 e. The lowest BCUT2D eigenvalue weighted by atomic mass is 9.70. The van der Waals surface area contributed by atoms with Crippen molar-refractivity contribution < 1.29 is 4.42 Å². The average molecular weight is 623 g/mol. The van der Waals surface area contributed by atoms with Crippen molar-refractivity contribution in [2.75, 3.05) is 0 Å². The van der Waals surface area contributed by atoms with Gasteiger partial charge in [0.15, 0.2) is 0 Å². The summed E-state index contributed by atoms with van der Waals surface area (Å²) in [6.45, 7) is 2.17. The number of hydrogen-bond acceptors (Lipinski definition) is 1. The van der Waals surface area contributed by atoms with E-state index in [9.17, 15) is 0 Å². The first-order chi connectivity index (χ1) is 24.2. The SMILES string of the molecule is Cc1cccc2oc3c4ccccc4c(-c4ccc(-c5ccc6c(c5)C5(c7ccccc7-c7ccccc75)c5ccccc5-6)cc4)cc3c12. The van der Waals surface area contributed by atoms with Crippen LogP contribution in [0.15, 0.2) is 168 Å². The molecule has 0 radical (unpaired) electrons. The molecule has 0 bridgehead atoms. The molecule has 0 aliphatic heterocycles.